The Morgan fingerprint density at radius 1 is 1.15 bits per heavy atom. The van der Waals surface area contributed by atoms with E-state index in [4.69, 9.17) is 24.0 Å². The predicted octanol–water partition coefficient (Wildman–Crippen LogP) is 2.69. The molecule has 5 fully saturated rings. The fourth-order valence-corrected chi connectivity index (χ4v) is 5.55. The van der Waals surface area contributed by atoms with E-state index in [-0.39, 0.29) is 17.7 Å². The Labute approximate surface area is 161 Å². The first kappa shape index (κ1) is 19.6. The Bertz CT molecular complexity index is 585. The van der Waals surface area contributed by atoms with Gasteiger partial charge in [0, 0.05) is 32.4 Å². The maximum atomic E-state index is 11.8. The molecule has 0 aromatic heterocycles. The molecule has 2 bridgehead atoms. The molecule has 7 heteroatoms. The lowest BCUT2D eigenvalue weighted by atomic mass is 9.58. The van der Waals surface area contributed by atoms with Crippen molar-refractivity contribution in [1.82, 2.24) is 4.90 Å². The van der Waals surface area contributed by atoms with Crippen LogP contribution in [-0.2, 0) is 28.8 Å². The predicted molar refractivity (Wildman–Crippen MR) is 96.1 cm³/mol. The average molecular weight is 383 g/mol. The Balaban J connectivity index is 1.54. The van der Waals surface area contributed by atoms with Crippen molar-refractivity contribution in [2.24, 2.45) is 23.7 Å². The van der Waals surface area contributed by atoms with Crippen LogP contribution in [0.25, 0.3) is 0 Å². The van der Waals surface area contributed by atoms with E-state index < -0.39 is 24.0 Å². The van der Waals surface area contributed by atoms with Crippen molar-refractivity contribution in [1.29, 1.82) is 0 Å². The van der Waals surface area contributed by atoms with Gasteiger partial charge in [-0.1, -0.05) is 13.8 Å². The highest BCUT2D eigenvalue weighted by atomic mass is 17.3. The summed E-state index contributed by atoms with van der Waals surface area (Å²) in [6.07, 6.45) is 3.47. The molecule has 7 nitrogen and oxygen atoms in total. The molecule has 154 valence electrons. The van der Waals surface area contributed by atoms with Gasteiger partial charge in [-0.3, -0.25) is 4.79 Å². The van der Waals surface area contributed by atoms with Crippen molar-refractivity contribution in [3.05, 3.63) is 0 Å². The molecule has 5 aliphatic rings. The molecule has 0 radical (unpaired) electrons. The maximum absolute atomic E-state index is 11.8. The molecule has 27 heavy (non-hydrogen) atoms. The summed E-state index contributed by atoms with van der Waals surface area (Å²) in [7, 11) is 3.51. The molecule has 1 aliphatic carbocycles. The van der Waals surface area contributed by atoms with E-state index in [1.54, 1.807) is 19.0 Å². The van der Waals surface area contributed by atoms with Gasteiger partial charge >= 0.3 is 0 Å². The van der Waals surface area contributed by atoms with Crippen LogP contribution in [0.15, 0.2) is 0 Å². The number of hydrogen-bond acceptors (Lipinski definition) is 6. The second-order valence-electron chi connectivity index (χ2n) is 9.18. The highest BCUT2D eigenvalue weighted by Crippen LogP contribution is 2.60. The van der Waals surface area contributed by atoms with Gasteiger partial charge in [0.15, 0.2) is 18.2 Å². The monoisotopic (exact) mass is 383 g/mol. The van der Waals surface area contributed by atoms with Crippen LogP contribution in [0.2, 0.25) is 0 Å². The van der Waals surface area contributed by atoms with Gasteiger partial charge in [-0.2, -0.15) is 0 Å². The molecule has 0 aromatic rings. The standard InChI is InChI=1S/C20H33NO6/c1-12-6-7-15-13(2)17(23-11-9-16(22)21(4)5)24-18-20(15)14(12)8-10-19(3,25-18)26-27-20/h12-15,17-18H,6-11H2,1-5H3/t12-,13-,14?,15?,17?,18-,19+,20-/m1/s1. The van der Waals surface area contributed by atoms with Gasteiger partial charge in [0.1, 0.15) is 0 Å². The SMILES string of the molecule is C[C@H]1C(OCCC(=O)N(C)C)O[C@@H]2O[C@]3(C)CCC4[C@H](C)CCC1[C@]42OO3. The number of ether oxygens (including phenoxy) is 3. The molecule has 4 heterocycles. The number of carbonyl (C=O) groups is 1. The summed E-state index contributed by atoms with van der Waals surface area (Å²) in [5, 5.41) is 0. The lowest BCUT2D eigenvalue weighted by Crippen LogP contribution is -2.70. The van der Waals surface area contributed by atoms with Crippen molar-refractivity contribution in [3.8, 4) is 0 Å². The van der Waals surface area contributed by atoms with Gasteiger partial charge in [-0.15, -0.1) is 0 Å². The molecule has 4 aliphatic heterocycles. The smallest absolute Gasteiger partial charge is 0.224 e. The second kappa shape index (κ2) is 6.95. The summed E-state index contributed by atoms with van der Waals surface area (Å²) in [5.74, 6) is 0.556. The molecule has 8 atom stereocenters. The summed E-state index contributed by atoms with van der Waals surface area (Å²) < 4.78 is 18.6. The van der Waals surface area contributed by atoms with Crippen LogP contribution in [0.1, 0.15) is 52.9 Å². The number of amides is 1. The van der Waals surface area contributed by atoms with Gasteiger partial charge in [0.05, 0.1) is 13.0 Å². The summed E-state index contributed by atoms with van der Waals surface area (Å²) in [6, 6.07) is 0. The van der Waals surface area contributed by atoms with Gasteiger partial charge in [-0.05, 0) is 38.0 Å². The topological polar surface area (TPSA) is 66.5 Å². The molecule has 1 saturated carbocycles. The van der Waals surface area contributed by atoms with E-state index in [1.807, 2.05) is 6.92 Å². The van der Waals surface area contributed by atoms with Crippen molar-refractivity contribution in [2.75, 3.05) is 20.7 Å². The Kier molecular flexibility index (Phi) is 5.04. The Morgan fingerprint density at radius 2 is 1.93 bits per heavy atom. The number of carbonyl (C=O) groups excluding carboxylic acids is 1. The van der Waals surface area contributed by atoms with Gasteiger partial charge in [0.25, 0.3) is 0 Å². The van der Waals surface area contributed by atoms with Gasteiger partial charge < -0.3 is 19.1 Å². The van der Waals surface area contributed by atoms with Crippen LogP contribution in [0.4, 0.5) is 0 Å². The minimum atomic E-state index is -0.774. The molecular weight excluding hydrogens is 350 g/mol. The average Bonchev–Trinajstić information content (AvgIpc) is 2.85. The first-order chi connectivity index (χ1) is 12.8. The zero-order chi connectivity index (χ0) is 19.4. The van der Waals surface area contributed by atoms with Crippen molar-refractivity contribution in [2.45, 2.75) is 76.8 Å². The fourth-order valence-electron chi connectivity index (χ4n) is 5.55. The van der Waals surface area contributed by atoms with E-state index >= 15 is 0 Å². The first-order valence-electron chi connectivity index (χ1n) is 10.3. The number of fused-ring (bicyclic) bond motifs is 2. The quantitative estimate of drug-likeness (QED) is 0.696. The van der Waals surface area contributed by atoms with Crippen LogP contribution >= 0.6 is 0 Å². The van der Waals surface area contributed by atoms with Crippen molar-refractivity contribution < 1.29 is 28.8 Å². The summed E-state index contributed by atoms with van der Waals surface area (Å²) >= 11 is 0. The minimum absolute atomic E-state index is 0.0514. The van der Waals surface area contributed by atoms with Crippen molar-refractivity contribution in [3.63, 3.8) is 0 Å². The zero-order valence-electron chi connectivity index (χ0n) is 17.1. The molecule has 1 amide bonds. The largest absolute Gasteiger partial charge is 0.352 e. The second-order valence-corrected chi connectivity index (χ2v) is 9.18. The molecule has 0 aromatic carbocycles. The normalized spacial score (nSPS) is 48.6. The lowest BCUT2D eigenvalue weighted by molar-refractivity contribution is -0.577. The van der Waals surface area contributed by atoms with Gasteiger partial charge in [-0.25, -0.2) is 9.78 Å². The third-order valence-electron chi connectivity index (χ3n) is 7.19. The zero-order valence-corrected chi connectivity index (χ0v) is 17.1. The molecule has 4 saturated heterocycles. The van der Waals surface area contributed by atoms with E-state index in [9.17, 15) is 4.79 Å². The summed E-state index contributed by atoms with van der Waals surface area (Å²) in [5.41, 5.74) is -0.563. The Morgan fingerprint density at radius 3 is 2.67 bits per heavy atom. The van der Waals surface area contributed by atoms with E-state index in [2.05, 4.69) is 13.8 Å². The fraction of sp³-hybridized carbons (Fsp3) is 0.950. The highest BCUT2D eigenvalue weighted by molar-refractivity contribution is 5.75. The summed E-state index contributed by atoms with van der Waals surface area (Å²) in [6.45, 7) is 6.72. The summed E-state index contributed by atoms with van der Waals surface area (Å²) in [4.78, 5) is 25.3. The number of rotatable bonds is 4. The van der Waals surface area contributed by atoms with Crippen LogP contribution in [0.3, 0.4) is 0 Å². The molecule has 3 unspecified atom stereocenters. The third kappa shape index (κ3) is 3.12. The molecular formula is C20H33NO6. The van der Waals surface area contributed by atoms with Crippen LogP contribution in [-0.4, -0.2) is 55.5 Å². The van der Waals surface area contributed by atoms with Crippen LogP contribution < -0.4 is 0 Å². The van der Waals surface area contributed by atoms with Crippen LogP contribution in [0, 0.1) is 23.7 Å². The van der Waals surface area contributed by atoms with E-state index in [0.717, 1.165) is 19.3 Å². The lowest BCUT2D eigenvalue weighted by Gasteiger charge is -2.60. The highest BCUT2D eigenvalue weighted by Gasteiger charge is 2.69. The number of hydrogen-bond donors (Lipinski definition) is 0. The van der Waals surface area contributed by atoms with Crippen LogP contribution in [0.5, 0.6) is 0 Å². The van der Waals surface area contributed by atoms with Gasteiger partial charge in [0.2, 0.25) is 11.7 Å². The molecule has 0 N–H and O–H groups in total. The molecule has 5 rings (SSSR count). The molecule has 1 spiro atoms. The first-order valence-corrected chi connectivity index (χ1v) is 10.3. The maximum Gasteiger partial charge on any atom is 0.224 e. The van der Waals surface area contributed by atoms with E-state index in [0.29, 0.717) is 24.9 Å². The van der Waals surface area contributed by atoms with E-state index in [1.165, 1.54) is 6.42 Å². The Hall–Kier alpha value is -0.730. The minimum Gasteiger partial charge on any atom is -0.352 e. The van der Waals surface area contributed by atoms with Crippen molar-refractivity contribution >= 4 is 5.91 Å². The third-order valence-corrected chi connectivity index (χ3v) is 7.19. The number of nitrogens with zero attached hydrogens (tertiary/aromatic N) is 1.